The molecule has 0 bridgehead atoms. The smallest absolute Gasteiger partial charge is 0.462 e. The average Bonchev–Trinajstić information content (AvgIpc) is 3.42. The van der Waals surface area contributed by atoms with E-state index in [9.17, 15) is 19.0 Å². The number of rotatable bonds is 53. The highest BCUT2D eigenvalue weighted by Crippen LogP contribution is 2.43. The van der Waals surface area contributed by atoms with Gasteiger partial charge in [-0.15, -0.1) is 0 Å². The number of carbonyl (C=O) groups is 2. The lowest BCUT2D eigenvalue weighted by Crippen LogP contribution is -2.29. The second-order valence-corrected chi connectivity index (χ2v) is 20.2. The highest BCUT2D eigenvalue weighted by molar-refractivity contribution is 7.47. The molecule has 2 unspecified atom stereocenters. The molecule has 0 heterocycles. The van der Waals surface area contributed by atoms with Gasteiger partial charge in [0, 0.05) is 19.4 Å². The van der Waals surface area contributed by atoms with Gasteiger partial charge in [-0.1, -0.05) is 235 Å². The van der Waals surface area contributed by atoms with E-state index in [1.54, 1.807) is 0 Å². The van der Waals surface area contributed by atoms with E-state index in [-0.39, 0.29) is 32.6 Å². The van der Waals surface area contributed by atoms with Crippen LogP contribution in [0, 0.1) is 0 Å². The van der Waals surface area contributed by atoms with Crippen molar-refractivity contribution in [2.75, 3.05) is 26.4 Å². The fourth-order valence-corrected chi connectivity index (χ4v) is 8.07. The van der Waals surface area contributed by atoms with Gasteiger partial charge in [-0.25, -0.2) is 4.57 Å². The van der Waals surface area contributed by atoms with E-state index in [1.807, 2.05) is 0 Å². The summed E-state index contributed by atoms with van der Waals surface area (Å²) in [5, 5.41) is 0. The Labute approximate surface area is 470 Å². The van der Waals surface area contributed by atoms with E-state index < -0.39 is 32.5 Å². The number of hydrogen-bond acceptors (Lipinski definition) is 8. The summed E-state index contributed by atoms with van der Waals surface area (Å²) in [5.41, 5.74) is 5.38. The molecule has 0 rings (SSSR count). The molecule has 3 N–H and O–H groups in total. The molecule has 0 spiro atoms. The number of hydrogen-bond donors (Lipinski definition) is 2. The minimum atomic E-state index is -4.41. The molecule has 0 aromatic carbocycles. The normalized spacial score (nSPS) is 14.3. The Morgan fingerprint density at radius 1 is 0.390 bits per heavy atom. The summed E-state index contributed by atoms with van der Waals surface area (Å²) < 4.78 is 33.0. The second kappa shape index (κ2) is 60.6. The maximum atomic E-state index is 12.7. The number of carbonyl (C=O) groups excluding carboxylic acids is 2. The number of nitrogens with two attached hydrogens (primary N) is 1. The van der Waals surface area contributed by atoms with Gasteiger partial charge in [-0.05, 0) is 128 Å². The molecular formula is C67H106NO8P. The third kappa shape index (κ3) is 60.5. The molecule has 10 heteroatoms. The summed E-state index contributed by atoms with van der Waals surface area (Å²) in [7, 11) is -4.41. The van der Waals surface area contributed by atoms with Gasteiger partial charge in [-0.3, -0.25) is 18.6 Å². The zero-order chi connectivity index (χ0) is 55.9. The Bertz CT molecular complexity index is 1860. The van der Waals surface area contributed by atoms with Crippen LogP contribution in [0.2, 0.25) is 0 Å². The van der Waals surface area contributed by atoms with Crippen LogP contribution in [-0.2, 0) is 32.7 Å². The Hall–Kier alpha value is -4.63. The van der Waals surface area contributed by atoms with Crippen molar-refractivity contribution in [2.24, 2.45) is 5.73 Å². The Morgan fingerprint density at radius 2 is 0.675 bits per heavy atom. The van der Waals surface area contributed by atoms with Crippen LogP contribution in [-0.4, -0.2) is 49.3 Å². The van der Waals surface area contributed by atoms with Crippen LogP contribution >= 0.6 is 7.82 Å². The van der Waals surface area contributed by atoms with Crippen molar-refractivity contribution in [3.05, 3.63) is 170 Å². The first-order valence-corrected chi connectivity index (χ1v) is 31.1. The number of esters is 2. The standard InChI is InChI=1S/C67H106NO8P/c1-3-5-7-9-11-13-15-17-19-21-23-25-27-28-29-30-31-32-33-34-35-36-38-40-42-44-46-48-50-52-54-56-58-60-67(70)76-65(64-75-77(71,72)74-62-61-68)63-73-66(69)59-57-55-53-51-49-47-45-43-41-39-37-26-24-22-20-18-16-14-12-10-8-6-4-2/h5-8,11-14,17-20,23-26,28-29,31-32,34-35,38-41,44,46,65H,3-4,9-10,15-16,21-22,27,30,33,36-37,42-43,45,47-64,68H2,1-2H3,(H,71,72)/b7-5-,8-6-,13-11-,14-12-,19-17-,20-18-,25-23-,26-24-,29-28-,32-31-,35-34-,40-38-,41-39-,46-44-. The van der Waals surface area contributed by atoms with Crippen molar-refractivity contribution in [1.82, 2.24) is 0 Å². The number of phosphoric ester groups is 1. The van der Waals surface area contributed by atoms with Crippen LogP contribution in [0.1, 0.15) is 206 Å². The van der Waals surface area contributed by atoms with Gasteiger partial charge in [0.1, 0.15) is 6.61 Å². The Balaban J connectivity index is 4.12. The second-order valence-electron chi connectivity index (χ2n) is 18.7. The predicted octanol–water partition coefficient (Wildman–Crippen LogP) is 19.1. The van der Waals surface area contributed by atoms with Crippen LogP contribution in [0.25, 0.3) is 0 Å². The van der Waals surface area contributed by atoms with Gasteiger partial charge in [0.25, 0.3) is 0 Å². The molecule has 0 aliphatic rings. The first-order valence-electron chi connectivity index (χ1n) is 29.6. The van der Waals surface area contributed by atoms with Crippen molar-refractivity contribution in [1.29, 1.82) is 0 Å². The van der Waals surface area contributed by atoms with Crippen LogP contribution < -0.4 is 5.73 Å². The molecule has 0 aromatic rings. The molecule has 0 fully saturated rings. The summed E-state index contributed by atoms with van der Waals surface area (Å²) >= 11 is 0. The maximum absolute atomic E-state index is 12.7. The topological polar surface area (TPSA) is 134 Å². The molecule has 0 saturated heterocycles. The molecule has 0 aromatic heterocycles. The van der Waals surface area contributed by atoms with E-state index in [1.165, 1.54) is 19.3 Å². The summed E-state index contributed by atoms with van der Waals surface area (Å²) in [6, 6.07) is 0. The molecule has 2 atom stereocenters. The van der Waals surface area contributed by atoms with Crippen LogP contribution in [0.3, 0.4) is 0 Å². The summed E-state index contributed by atoms with van der Waals surface area (Å²) in [6.07, 6.45) is 89.7. The van der Waals surface area contributed by atoms with Gasteiger partial charge >= 0.3 is 19.8 Å². The SMILES string of the molecule is CC/C=C\C/C=C\C/C=C\C/C=C\C/C=C\C/C=C\C/C=C\C/C=C\C/C=C\CCCCCCCC(=O)OC(COC(=O)CCCCCCCCC/C=C\C/C=C\C/C=C\C/C=C\C/C=C\CC)COP(=O)(O)OCCN. The fraction of sp³-hybridized carbons (Fsp3) is 0.552. The number of ether oxygens (including phenoxy) is 2. The highest BCUT2D eigenvalue weighted by Gasteiger charge is 2.26. The molecule has 0 amide bonds. The van der Waals surface area contributed by atoms with E-state index in [0.717, 1.165) is 148 Å². The van der Waals surface area contributed by atoms with Crippen molar-refractivity contribution >= 4 is 19.8 Å². The lowest BCUT2D eigenvalue weighted by Gasteiger charge is -2.19. The quantitative estimate of drug-likeness (QED) is 0.0264. The van der Waals surface area contributed by atoms with Gasteiger partial charge in [0.05, 0.1) is 13.2 Å². The van der Waals surface area contributed by atoms with E-state index in [4.69, 9.17) is 24.3 Å². The molecule has 0 aliphatic heterocycles. The van der Waals surface area contributed by atoms with E-state index in [2.05, 4.69) is 184 Å². The number of unbranched alkanes of at least 4 members (excludes halogenated alkanes) is 12. The number of phosphoric acid groups is 1. The monoisotopic (exact) mass is 1080 g/mol. The molecule has 0 saturated carbocycles. The minimum absolute atomic E-state index is 0.0380. The maximum Gasteiger partial charge on any atom is 0.472 e. The summed E-state index contributed by atoms with van der Waals surface area (Å²) in [5.74, 6) is -0.878. The zero-order valence-electron chi connectivity index (χ0n) is 48.1. The van der Waals surface area contributed by atoms with Crippen molar-refractivity contribution in [2.45, 2.75) is 213 Å². The Morgan fingerprint density at radius 3 is 1.00 bits per heavy atom. The van der Waals surface area contributed by atoms with Gasteiger partial charge in [-0.2, -0.15) is 0 Å². The van der Waals surface area contributed by atoms with E-state index >= 15 is 0 Å². The first-order chi connectivity index (χ1) is 37.8. The molecule has 9 nitrogen and oxygen atoms in total. The predicted molar refractivity (Wildman–Crippen MR) is 329 cm³/mol. The highest BCUT2D eigenvalue weighted by atomic mass is 31.2. The average molecular weight is 1080 g/mol. The zero-order valence-corrected chi connectivity index (χ0v) is 49.0. The van der Waals surface area contributed by atoms with Crippen LogP contribution in [0.4, 0.5) is 0 Å². The van der Waals surface area contributed by atoms with Gasteiger partial charge in [0.15, 0.2) is 6.10 Å². The molecule has 432 valence electrons. The first kappa shape index (κ1) is 72.4. The third-order valence-electron chi connectivity index (χ3n) is 11.6. The van der Waals surface area contributed by atoms with Gasteiger partial charge in [0.2, 0.25) is 0 Å². The van der Waals surface area contributed by atoms with Crippen molar-refractivity contribution < 1.29 is 37.6 Å². The van der Waals surface area contributed by atoms with E-state index in [0.29, 0.717) is 12.8 Å². The number of allylic oxidation sites excluding steroid dienone is 28. The fourth-order valence-electron chi connectivity index (χ4n) is 7.30. The summed E-state index contributed by atoms with van der Waals surface area (Å²) in [6.45, 7) is 3.45. The van der Waals surface area contributed by atoms with Crippen molar-refractivity contribution in [3.8, 4) is 0 Å². The third-order valence-corrected chi connectivity index (χ3v) is 12.6. The molecule has 0 radical (unpaired) electrons. The molecule has 77 heavy (non-hydrogen) atoms. The van der Waals surface area contributed by atoms with Gasteiger partial charge < -0.3 is 20.1 Å². The van der Waals surface area contributed by atoms with Crippen molar-refractivity contribution in [3.63, 3.8) is 0 Å². The molecular weight excluding hydrogens is 978 g/mol. The van der Waals surface area contributed by atoms with Crippen LogP contribution in [0.15, 0.2) is 170 Å². The minimum Gasteiger partial charge on any atom is -0.462 e. The lowest BCUT2D eigenvalue weighted by molar-refractivity contribution is -0.161. The lowest BCUT2D eigenvalue weighted by atomic mass is 10.1. The Kier molecular flexibility index (Phi) is 57.0. The largest absolute Gasteiger partial charge is 0.472 e. The molecule has 0 aliphatic carbocycles. The summed E-state index contributed by atoms with van der Waals surface area (Å²) in [4.78, 5) is 35.2. The van der Waals surface area contributed by atoms with Crippen LogP contribution in [0.5, 0.6) is 0 Å².